The Bertz CT molecular complexity index is 815. The van der Waals surface area contributed by atoms with Gasteiger partial charge in [-0.25, -0.2) is 0 Å². The van der Waals surface area contributed by atoms with Crippen molar-refractivity contribution in [2.75, 3.05) is 0 Å². The number of pyridine rings is 1. The topological polar surface area (TPSA) is 47.0 Å². The number of primary amides is 1. The molecule has 0 bridgehead atoms. The number of aromatic nitrogens is 1. The molecule has 1 heterocycles. The van der Waals surface area contributed by atoms with Crippen LogP contribution in [0.5, 0.6) is 0 Å². The molecule has 1 amide bonds. The Morgan fingerprint density at radius 3 is 2.57 bits per heavy atom. The van der Waals surface area contributed by atoms with Crippen LogP contribution in [0.1, 0.15) is 15.9 Å². The molecule has 3 rings (SSSR count). The van der Waals surface area contributed by atoms with Gasteiger partial charge in [-0.05, 0) is 29.8 Å². The fourth-order valence-corrected chi connectivity index (χ4v) is 2.47. The number of amides is 1. The average Bonchev–Trinajstić information content (AvgIpc) is 2.48. The Morgan fingerprint density at radius 2 is 1.81 bits per heavy atom. The Labute approximate surface area is 129 Å². The van der Waals surface area contributed by atoms with E-state index < -0.39 is 5.91 Å². The SMILES string of the molecule is Cc1c(-[n+]2cccc(C(N)=O)c2)ccc2ccccc12.[Cl-]. The molecule has 0 saturated carbocycles. The summed E-state index contributed by atoms with van der Waals surface area (Å²) in [5.41, 5.74) is 8.06. The van der Waals surface area contributed by atoms with E-state index in [9.17, 15) is 4.79 Å². The Hall–Kier alpha value is -2.39. The number of fused-ring (bicyclic) bond motifs is 1. The van der Waals surface area contributed by atoms with Gasteiger partial charge >= 0.3 is 0 Å². The summed E-state index contributed by atoms with van der Waals surface area (Å²) in [6, 6.07) is 15.9. The quantitative estimate of drug-likeness (QED) is 0.639. The van der Waals surface area contributed by atoms with Crippen molar-refractivity contribution >= 4 is 16.7 Å². The van der Waals surface area contributed by atoms with Gasteiger partial charge in [0.15, 0.2) is 12.4 Å². The predicted octanol–water partition coefficient (Wildman–Crippen LogP) is -0.472. The summed E-state index contributed by atoms with van der Waals surface area (Å²) in [7, 11) is 0. The minimum Gasteiger partial charge on any atom is -1.00 e. The number of nitrogens with zero attached hydrogens (tertiary/aromatic N) is 1. The summed E-state index contributed by atoms with van der Waals surface area (Å²) in [5, 5.41) is 2.42. The number of hydrogen-bond acceptors (Lipinski definition) is 1. The van der Waals surface area contributed by atoms with Gasteiger partial charge in [-0.15, -0.1) is 0 Å². The van der Waals surface area contributed by atoms with Crippen LogP contribution in [0.2, 0.25) is 0 Å². The fraction of sp³-hybridized carbons (Fsp3) is 0.0588. The van der Waals surface area contributed by atoms with Crippen molar-refractivity contribution in [1.82, 2.24) is 0 Å². The van der Waals surface area contributed by atoms with Gasteiger partial charge in [0, 0.05) is 17.7 Å². The Morgan fingerprint density at radius 1 is 1.05 bits per heavy atom. The van der Waals surface area contributed by atoms with Crippen molar-refractivity contribution in [1.29, 1.82) is 0 Å². The zero-order valence-electron chi connectivity index (χ0n) is 11.6. The summed E-state index contributed by atoms with van der Waals surface area (Å²) in [4.78, 5) is 11.3. The van der Waals surface area contributed by atoms with E-state index in [0.717, 1.165) is 5.69 Å². The molecule has 4 heteroatoms. The van der Waals surface area contributed by atoms with Gasteiger partial charge in [0.1, 0.15) is 5.56 Å². The second-order valence-corrected chi connectivity index (χ2v) is 4.79. The third-order valence-electron chi connectivity index (χ3n) is 3.53. The van der Waals surface area contributed by atoms with E-state index in [0.29, 0.717) is 5.56 Å². The molecule has 1 aromatic heterocycles. The van der Waals surface area contributed by atoms with Crippen LogP contribution in [-0.2, 0) is 0 Å². The van der Waals surface area contributed by atoms with Crippen LogP contribution in [0.3, 0.4) is 0 Å². The summed E-state index contributed by atoms with van der Waals surface area (Å²) in [6.07, 6.45) is 3.68. The lowest BCUT2D eigenvalue weighted by atomic mass is 10.0. The minimum atomic E-state index is -0.419. The molecule has 0 saturated heterocycles. The molecule has 2 aromatic carbocycles. The molecule has 0 fully saturated rings. The predicted molar refractivity (Wildman–Crippen MR) is 78.7 cm³/mol. The molecule has 0 atom stereocenters. The average molecular weight is 299 g/mol. The lowest BCUT2D eigenvalue weighted by Crippen LogP contribution is -3.00. The molecule has 0 spiro atoms. The van der Waals surface area contributed by atoms with Gasteiger partial charge < -0.3 is 18.1 Å². The van der Waals surface area contributed by atoms with Gasteiger partial charge in [-0.2, -0.15) is 4.57 Å². The first kappa shape index (κ1) is 15.0. The van der Waals surface area contributed by atoms with Crippen molar-refractivity contribution in [2.45, 2.75) is 6.92 Å². The summed E-state index contributed by atoms with van der Waals surface area (Å²) in [6.45, 7) is 2.08. The van der Waals surface area contributed by atoms with Crippen molar-refractivity contribution in [3.63, 3.8) is 0 Å². The maximum absolute atomic E-state index is 11.3. The summed E-state index contributed by atoms with van der Waals surface area (Å²) >= 11 is 0. The number of halogens is 1. The number of rotatable bonds is 2. The van der Waals surface area contributed by atoms with E-state index >= 15 is 0 Å². The fourth-order valence-electron chi connectivity index (χ4n) is 2.47. The van der Waals surface area contributed by atoms with Crippen molar-refractivity contribution in [3.05, 3.63) is 72.1 Å². The van der Waals surface area contributed by atoms with E-state index in [1.165, 1.54) is 16.3 Å². The van der Waals surface area contributed by atoms with Gasteiger partial charge in [0.2, 0.25) is 5.69 Å². The molecule has 0 unspecified atom stereocenters. The third kappa shape index (κ3) is 2.73. The van der Waals surface area contributed by atoms with E-state index in [-0.39, 0.29) is 12.4 Å². The lowest BCUT2D eigenvalue weighted by Gasteiger charge is -2.05. The normalized spacial score (nSPS) is 10.1. The number of benzene rings is 2. The van der Waals surface area contributed by atoms with Crippen molar-refractivity contribution in [3.8, 4) is 5.69 Å². The van der Waals surface area contributed by atoms with E-state index in [1.807, 2.05) is 29.0 Å². The van der Waals surface area contributed by atoms with Crippen molar-refractivity contribution in [2.24, 2.45) is 5.73 Å². The lowest BCUT2D eigenvalue weighted by molar-refractivity contribution is -0.596. The molecular weight excluding hydrogens is 284 g/mol. The van der Waals surface area contributed by atoms with E-state index in [2.05, 4.69) is 31.2 Å². The number of hydrogen-bond donors (Lipinski definition) is 1. The highest BCUT2D eigenvalue weighted by Crippen LogP contribution is 2.21. The van der Waals surface area contributed by atoms with Crippen LogP contribution in [0.25, 0.3) is 16.5 Å². The molecule has 106 valence electrons. The van der Waals surface area contributed by atoms with Crippen LogP contribution in [0.15, 0.2) is 60.9 Å². The minimum absolute atomic E-state index is 0. The number of nitrogens with two attached hydrogens (primary N) is 1. The van der Waals surface area contributed by atoms with Crippen LogP contribution in [0, 0.1) is 6.92 Å². The Kier molecular flexibility index (Phi) is 4.24. The molecular formula is C17H15ClN2O. The smallest absolute Gasteiger partial charge is 0.254 e. The number of aryl methyl sites for hydroxylation is 1. The summed E-state index contributed by atoms with van der Waals surface area (Å²) < 4.78 is 1.93. The molecule has 0 radical (unpaired) electrons. The molecule has 2 N–H and O–H groups in total. The highest BCUT2D eigenvalue weighted by atomic mass is 35.5. The molecule has 3 nitrogen and oxygen atoms in total. The first-order valence-corrected chi connectivity index (χ1v) is 6.46. The van der Waals surface area contributed by atoms with Gasteiger partial charge in [0.25, 0.3) is 5.91 Å². The van der Waals surface area contributed by atoms with Crippen molar-refractivity contribution < 1.29 is 21.8 Å². The number of carbonyl (C=O) groups is 1. The molecule has 21 heavy (non-hydrogen) atoms. The molecule has 0 aliphatic rings. The van der Waals surface area contributed by atoms with Gasteiger partial charge in [0.05, 0.1) is 0 Å². The van der Waals surface area contributed by atoms with E-state index in [1.54, 1.807) is 12.3 Å². The van der Waals surface area contributed by atoms with Gasteiger partial charge in [-0.3, -0.25) is 4.79 Å². The highest BCUT2D eigenvalue weighted by molar-refractivity contribution is 5.92. The van der Waals surface area contributed by atoms with Crippen LogP contribution < -0.4 is 22.7 Å². The first-order chi connectivity index (χ1) is 9.66. The highest BCUT2D eigenvalue weighted by Gasteiger charge is 2.14. The maximum atomic E-state index is 11.3. The first-order valence-electron chi connectivity index (χ1n) is 6.46. The molecule has 0 aliphatic carbocycles. The standard InChI is InChI=1S/C17H14N2O.ClH/c1-12-15-7-3-2-5-13(15)8-9-16(12)19-10-4-6-14(11-19)17(18)20;/h2-11H,1H3,(H-,18,20);1H. The van der Waals surface area contributed by atoms with Gasteiger partial charge in [-0.1, -0.05) is 24.3 Å². The zero-order chi connectivity index (χ0) is 14.1. The largest absolute Gasteiger partial charge is 1.00 e. The summed E-state index contributed by atoms with van der Waals surface area (Å²) in [5.74, 6) is -0.419. The molecule has 3 aromatic rings. The monoisotopic (exact) mass is 298 g/mol. The van der Waals surface area contributed by atoms with Crippen LogP contribution >= 0.6 is 0 Å². The third-order valence-corrected chi connectivity index (χ3v) is 3.53. The second-order valence-electron chi connectivity index (χ2n) is 4.79. The zero-order valence-corrected chi connectivity index (χ0v) is 12.3. The van der Waals surface area contributed by atoms with Crippen LogP contribution in [0.4, 0.5) is 0 Å². The van der Waals surface area contributed by atoms with Crippen LogP contribution in [-0.4, -0.2) is 5.91 Å². The second kappa shape index (κ2) is 5.94. The maximum Gasteiger partial charge on any atom is 0.254 e. The van der Waals surface area contributed by atoms with E-state index in [4.69, 9.17) is 5.73 Å². The Balaban J connectivity index is 0.00000161. The molecule has 0 aliphatic heterocycles. The number of carbonyl (C=O) groups excluding carboxylic acids is 1.